The van der Waals surface area contributed by atoms with Crippen LogP contribution in [0.3, 0.4) is 0 Å². The van der Waals surface area contributed by atoms with Crippen molar-refractivity contribution in [3.63, 3.8) is 0 Å². The SMILES string of the molecule is CC1CC(CN)CN1S(=O)(=O)c1ccc(C#N)cc1. The Labute approximate surface area is 113 Å². The highest BCUT2D eigenvalue weighted by atomic mass is 32.2. The minimum Gasteiger partial charge on any atom is -0.330 e. The quantitative estimate of drug-likeness (QED) is 0.891. The minimum absolute atomic E-state index is 0.0332. The summed E-state index contributed by atoms with van der Waals surface area (Å²) < 4.78 is 26.5. The number of hydrogen-bond donors (Lipinski definition) is 1. The summed E-state index contributed by atoms with van der Waals surface area (Å²) in [5, 5.41) is 8.73. The maximum absolute atomic E-state index is 12.5. The average Bonchev–Trinajstić information content (AvgIpc) is 2.81. The van der Waals surface area contributed by atoms with Gasteiger partial charge in [0.25, 0.3) is 0 Å². The van der Waals surface area contributed by atoms with E-state index in [1.807, 2.05) is 13.0 Å². The van der Waals surface area contributed by atoms with Crippen LogP contribution < -0.4 is 5.73 Å². The molecule has 0 amide bonds. The van der Waals surface area contributed by atoms with Gasteiger partial charge >= 0.3 is 0 Å². The molecular formula is C13H17N3O2S. The number of nitrogens with zero attached hydrogens (tertiary/aromatic N) is 2. The zero-order valence-electron chi connectivity index (χ0n) is 10.8. The second-order valence-corrected chi connectivity index (χ2v) is 6.79. The van der Waals surface area contributed by atoms with Crippen molar-refractivity contribution in [3.05, 3.63) is 29.8 Å². The first kappa shape index (κ1) is 14.0. The zero-order valence-corrected chi connectivity index (χ0v) is 11.6. The Morgan fingerprint density at radius 1 is 1.42 bits per heavy atom. The van der Waals surface area contributed by atoms with E-state index in [1.54, 1.807) is 0 Å². The number of hydrogen-bond acceptors (Lipinski definition) is 4. The van der Waals surface area contributed by atoms with Gasteiger partial charge in [-0.15, -0.1) is 0 Å². The van der Waals surface area contributed by atoms with E-state index >= 15 is 0 Å². The maximum atomic E-state index is 12.5. The van der Waals surface area contributed by atoms with Gasteiger partial charge in [-0.1, -0.05) is 0 Å². The molecule has 1 aromatic carbocycles. The summed E-state index contributed by atoms with van der Waals surface area (Å²) >= 11 is 0. The van der Waals surface area contributed by atoms with E-state index in [0.717, 1.165) is 6.42 Å². The van der Waals surface area contributed by atoms with Crippen LogP contribution in [0.25, 0.3) is 0 Å². The lowest BCUT2D eigenvalue weighted by atomic mass is 10.1. The normalized spacial score (nSPS) is 24.3. The van der Waals surface area contributed by atoms with E-state index in [2.05, 4.69) is 0 Å². The molecule has 1 aliphatic heterocycles. The predicted octanol–water partition coefficient (Wildman–Crippen LogP) is 0.916. The van der Waals surface area contributed by atoms with Gasteiger partial charge in [0, 0.05) is 12.6 Å². The Morgan fingerprint density at radius 2 is 2.05 bits per heavy atom. The third-order valence-corrected chi connectivity index (χ3v) is 5.52. The third kappa shape index (κ3) is 2.63. The molecule has 0 spiro atoms. The Kier molecular flexibility index (Phi) is 3.90. The van der Waals surface area contributed by atoms with Crippen molar-refractivity contribution in [2.45, 2.75) is 24.3 Å². The van der Waals surface area contributed by atoms with Crippen molar-refractivity contribution in [2.24, 2.45) is 11.7 Å². The van der Waals surface area contributed by atoms with Crippen molar-refractivity contribution in [2.75, 3.05) is 13.1 Å². The lowest BCUT2D eigenvalue weighted by Crippen LogP contribution is -2.34. The summed E-state index contributed by atoms with van der Waals surface area (Å²) in [4.78, 5) is 0.232. The fraction of sp³-hybridized carbons (Fsp3) is 0.462. The molecular weight excluding hydrogens is 262 g/mol. The van der Waals surface area contributed by atoms with E-state index in [1.165, 1.54) is 28.6 Å². The van der Waals surface area contributed by atoms with Crippen LogP contribution in [0, 0.1) is 17.2 Å². The summed E-state index contributed by atoms with van der Waals surface area (Å²) in [6.07, 6.45) is 0.798. The Balaban J connectivity index is 2.29. The van der Waals surface area contributed by atoms with Crippen LogP contribution >= 0.6 is 0 Å². The van der Waals surface area contributed by atoms with Crippen molar-refractivity contribution in [1.29, 1.82) is 5.26 Å². The molecule has 0 bridgehead atoms. The molecule has 2 rings (SSSR count). The lowest BCUT2D eigenvalue weighted by Gasteiger charge is -2.21. The van der Waals surface area contributed by atoms with Crippen molar-refractivity contribution < 1.29 is 8.42 Å². The summed E-state index contributed by atoms with van der Waals surface area (Å²) in [5.41, 5.74) is 6.07. The molecule has 1 saturated heterocycles. The Bertz CT molecular complexity index is 589. The van der Waals surface area contributed by atoms with Crippen LogP contribution in [0.2, 0.25) is 0 Å². The highest BCUT2D eigenvalue weighted by molar-refractivity contribution is 7.89. The van der Waals surface area contributed by atoms with Crippen LogP contribution in [0.5, 0.6) is 0 Å². The predicted molar refractivity (Wildman–Crippen MR) is 71.7 cm³/mol. The Hall–Kier alpha value is -1.42. The monoisotopic (exact) mass is 279 g/mol. The van der Waals surface area contributed by atoms with E-state index in [0.29, 0.717) is 18.7 Å². The van der Waals surface area contributed by atoms with Gasteiger partial charge in [0.2, 0.25) is 10.0 Å². The molecule has 1 aliphatic rings. The van der Waals surface area contributed by atoms with Crippen molar-refractivity contribution in [1.82, 2.24) is 4.31 Å². The fourth-order valence-corrected chi connectivity index (χ4v) is 4.17. The largest absolute Gasteiger partial charge is 0.330 e. The standard InChI is InChI=1S/C13H17N3O2S/c1-10-6-12(8-15)9-16(10)19(17,18)13-4-2-11(7-14)3-5-13/h2-5,10,12H,6,8-9,15H2,1H3. The molecule has 2 atom stereocenters. The molecule has 0 aromatic heterocycles. The topological polar surface area (TPSA) is 87.2 Å². The summed E-state index contributed by atoms with van der Waals surface area (Å²) in [6.45, 7) is 2.88. The summed E-state index contributed by atoms with van der Waals surface area (Å²) in [6, 6.07) is 7.95. The molecule has 6 heteroatoms. The lowest BCUT2D eigenvalue weighted by molar-refractivity contribution is 0.404. The summed E-state index contributed by atoms with van der Waals surface area (Å²) in [5.74, 6) is 0.225. The molecule has 2 N–H and O–H groups in total. The van der Waals surface area contributed by atoms with E-state index < -0.39 is 10.0 Å². The van der Waals surface area contributed by atoms with Gasteiger partial charge in [-0.25, -0.2) is 8.42 Å². The molecule has 0 radical (unpaired) electrons. The molecule has 0 aliphatic carbocycles. The highest BCUT2D eigenvalue weighted by Crippen LogP contribution is 2.28. The fourth-order valence-electron chi connectivity index (χ4n) is 2.45. The average molecular weight is 279 g/mol. The van der Waals surface area contributed by atoms with E-state index in [4.69, 9.17) is 11.0 Å². The van der Waals surface area contributed by atoms with Gasteiger partial charge in [-0.05, 0) is 50.1 Å². The third-order valence-electron chi connectivity index (χ3n) is 3.53. The van der Waals surface area contributed by atoms with Crippen LogP contribution in [0.1, 0.15) is 18.9 Å². The van der Waals surface area contributed by atoms with E-state index in [9.17, 15) is 8.42 Å². The second-order valence-electron chi connectivity index (χ2n) is 4.90. The molecule has 102 valence electrons. The number of nitrogens with two attached hydrogens (primary N) is 1. The molecule has 1 fully saturated rings. The molecule has 0 saturated carbocycles. The van der Waals surface area contributed by atoms with Crippen molar-refractivity contribution in [3.8, 4) is 6.07 Å². The van der Waals surface area contributed by atoms with Gasteiger partial charge in [0.15, 0.2) is 0 Å². The number of nitriles is 1. The number of rotatable bonds is 3. The molecule has 5 nitrogen and oxygen atoms in total. The first-order chi connectivity index (χ1) is 8.98. The molecule has 2 unspecified atom stereocenters. The van der Waals surface area contributed by atoms with Crippen molar-refractivity contribution >= 4 is 10.0 Å². The molecule has 19 heavy (non-hydrogen) atoms. The first-order valence-corrected chi connectivity index (χ1v) is 7.65. The molecule has 1 heterocycles. The van der Waals surface area contributed by atoms with Gasteiger partial charge in [0.05, 0.1) is 16.5 Å². The van der Waals surface area contributed by atoms with E-state index in [-0.39, 0.29) is 16.9 Å². The second kappa shape index (κ2) is 5.29. The number of benzene rings is 1. The minimum atomic E-state index is -3.49. The van der Waals surface area contributed by atoms with Gasteiger partial charge < -0.3 is 5.73 Å². The summed E-state index contributed by atoms with van der Waals surface area (Å²) in [7, 11) is -3.49. The first-order valence-electron chi connectivity index (χ1n) is 6.21. The smallest absolute Gasteiger partial charge is 0.243 e. The van der Waals surface area contributed by atoms with Gasteiger partial charge in [0.1, 0.15) is 0 Å². The van der Waals surface area contributed by atoms with Crippen LogP contribution in [0.4, 0.5) is 0 Å². The molecule has 1 aromatic rings. The van der Waals surface area contributed by atoms with Crippen LogP contribution in [-0.2, 0) is 10.0 Å². The highest BCUT2D eigenvalue weighted by Gasteiger charge is 2.37. The van der Waals surface area contributed by atoms with Crippen LogP contribution in [-0.4, -0.2) is 31.9 Å². The Morgan fingerprint density at radius 3 is 2.53 bits per heavy atom. The van der Waals surface area contributed by atoms with Crippen LogP contribution in [0.15, 0.2) is 29.2 Å². The maximum Gasteiger partial charge on any atom is 0.243 e. The van der Waals surface area contributed by atoms with Gasteiger partial charge in [-0.2, -0.15) is 9.57 Å². The zero-order chi connectivity index (χ0) is 14.0. The van der Waals surface area contributed by atoms with Gasteiger partial charge in [-0.3, -0.25) is 0 Å². The number of sulfonamides is 1.